The fourth-order valence-electron chi connectivity index (χ4n) is 10.7. The van der Waals surface area contributed by atoms with E-state index < -0.39 is 46.8 Å². The molecule has 0 radical (unpaired) electrons. The summed E-state index contributed by atoms with van der Waals surface area (Å²) in [5.74, 6) is 8.69. The first-order valence-corrected chi connectivity index (χ1v) is 36.9. The summed E-state index contributed by atoms with van der Waals surface area (Å²) >= 11 is 0. The van der Waals surface area contributed by atoms with Gasteiger partial charge in [0, 0.05) is 20.8 Å². The minimum atomic E-state index is -1.98. The highest BCUT2D eigenvalue weighted by molar-refractivity contribution is 7.75. The molecule has 0 saturated heterocycles. The Labute approximate surface area is 237 Å². The van der Waals surface area contributed by atoms with Crippen molar-refractivity contribution in [2.24, 2.45) is 29.6 Å². The third-order valence-electron chi connectivity index (χ3n) is 10.3. The van der Waals surface area contributed by atoms with Crippen LogP contribution in [0, 0.1) is 41.1 Å². The van der Waals surface area contributed by atoms with Crippen LogP contribution >= 0.6 is 0 Å². The van der Waals surface area contributed by atoms with Crippen LogP contribution < -0.4 is 0 Å². The fourth-order valence-corrected chi connectivity index (χ4v) is 83.5. The smallest absolute Gasteiger partial charge is 0.184 e. The summed E-state index contributed by atoms with van der Waals surface area (Å²) in [6, 6.07) is 0. The Kier molecular flexibility index (Phi) is 7.45. The summed E-state index contributed by atoms with van der Waals surface area (Å²) in [5.41, 5.74) is 5.60. The van der Waals surface area contributed by atoms with Crippen LogP contribution in [0.1, 0.15) is 32.1 Å². The molecule has 0 N–H and O–H groups in total. The Morgan fingerprint density at radius 3 is 1.43 bits per heavy atom. The monoisotopic (exact) mass is 604 g/mol. The molecule has 5 rings (SSSR count). The van der Waals surface area contributed by atoms with Crippen molar-refractivity contribution in [2.45, 2.75) is 136 Å². The van der Waals surface area contributed by atoms with E-state index in [1.807, 2.05) is 4.82 Å². The summed E-state index contributed by atoms with van der Waals surface area (Å²) in [4.78, 5) is 2.02. The van der Waals surface area contributed by atoms with Crippen LogP contribution in [0.5, 0.6) is 0 Å². The molecule has 7 heteroatoms. The van der Waals surface area contributed by atoms with E-state index >= 15 is 0 Å². The van der Waals surface area contributed by atoms with Gasteiger partial charge in [0.1, 0.15) is 15.2 Å². The Morgan fingerprint density at radius 2 is 1.11 bits per heavy atom. The van der Waals surface area contributed by atoms with Gasteiger partial charge in [-0.1, -0.05) is 89.3 Å². The van der Waals surface area contributed by atoms with Crippen molar-refractivity contribution in [3.8, 4) is 11.5 Å². The lowest BCUT2D eigenvalue weighted by Crippen LogP contribution is -2.94. The van der Waals surface area contributed by atoms with Crippen molar-refractivity contribution in [2.75, 3.05) is 0 Å². The van der Waals surface area contributed by atoms with Crippen LogP contribution in [-0.4, -0.2) is 52.0 Å². The van der Waals surface area contributed by atoms with Crippen molar-refractivity contribution in [3.63, 3.8) is 0 Å². The predicted molar refractivity (Wildman–Crippen MR) is 182 cm³/mol. The van der Waals surface area contributed by atoms with Gasteiger partial charge in [0.2, 0.25) is 0 Å². The van der Waals surface area contributed by atoms with Crippen molar-refractivity contribution >= 4 is 46.8 Å². The van der Waals surface area contributed by atoms with Gasteiger partial charge in [-0.3, -0.25) is 0 Å². The molecule has 4 bridgehead atoms. The summed E-state index contributed by atoms with van der Waals surface area (Å²) in [6.07, 6.45) is 7.51. The van der Waals surface area contributed by atoms with Crippen LogP contribution in [-0.2, 0) is 4.43 Å². The minimum absolute atomic E-state index is 0.0112. The molecule has 0 spiro atoms. The SMILES string of the molecule is C[Si](C)(C)C#CC1=C([Si](C)(C)C)[Si]([Si](C)(C)C)([Si](C)(C)C)C1(O[Si](C)(C)C)C1C2CC3CC(C2)CC1C3. The summed E-state index contributed by atoms with van der Waals surface area (Å²) < 4.78 is 8.11. The van der Waals surface area contributed by atoms with Gasteiger partial charge in [-0.05, 0) is 81.3 Å². The van der Waals surface area contributed by atoms with E-state index in [9.17, 15) is 0 Å². The van der Waals surface area contributed by atoms with Crippen molar-refractivity contribution in [1.82, 2.24) is 0 Å². The first-order chi connectivity index (χ1) is 16.5. The van der Waals surface area contributed by atoms with Gasteiger partial charge in [-0.25, -0.2) is 0 Å². The molecular weight excluding hydrogens is 545 g/mol. The largest absolute Gasteiger partial charge is 0.410 e. The van der Waals surface area contributed by atoms with Crippen LogP contribution in [0.15, 0.2) is 10.4 Å². The average Bonchev–Trinajstić information content (AvgIpc) is 2.59. The molecule has 0 aromatic heterocycles. The van der Waals surface area contributed by atoms with Gasteiger partial charge >= 0.3 is 0 Å². The van der Waals surface area contributed by atoms with E-state index in [1.54, 1.807) is 5.57 Å². The Hall–Kier alpha value is 0.561. The Bertz CT molecular complexity index is 972. The summed E-state index contributed by atoms with van der Waals surface area (Å²) in [5, 5.41) is 0.0112. The van der Waals surface area contributed by atoms with E-state index in [-0.39, 0.29) is 5.22 Å². The average molecular weight is 605 g/mol. The zero-order valence-electron chi connectivity index (χ0n) is 27.3. The normalized spacial score (nSPS) is 35.8. The second-order valence-corrected chi connectivity index (χ2v) is 60.1. The van der Waals surface area contributed by atoms with Crippen LogP contribution in [0.4, 0.5) is 0 Å². The summed E-state index contributed by atoms with van der Waals surface area (Å²) in [6.45, 7) is 39.6. The van der Waals surface area contributed by atoms with Gasteiger partial charge in [-0.15, -0.1) is 5.54 Å². The quantitative estimate of drug-likeness (QED) is 0.217. The first-order valence-electron chi connectivity index (χ1n) is 15.4. The highest BCUT2D eigenvalue weighted by Crippen LogP contribution is 2.69. The van der Waals surface area contributed by atoms with Crippen LogP contribution in [0.25, 0.3) is 0 Å². The molecule has 4 aliphatic carbocycles. The lowest BCUT2D eigenvalue weighted by Gasteiger charge is -2.76. The highest BCUT2D eigenvalue weighted by Gasteiger charge is 2.81. The first kappa shape index (κ1) is 30.5. The van der Waals surface area contributed by atoms with Gasteiger partial charge < -0.3 is 4.43 Å². The second kappa shape index (κ2) is 9.03. The highest BCUT2D eigenvalue weighted by atomic mass is 29.6. The standard InChI is InChI=1S/C30H60OSi6/c1-32(2,3)17-16-27-29(33(4,5)6)37(35(10,11)12,36(13,14)15)30(27,31-34(7,8)9)28-25-19-23-18-24(21-25)22-26(28)20-23/h23-26,28H,18-22H2,1-15H3. The molecule has 4 fully saturated rings. The lowest BCUT2D eigenvalue weighted by atomic mass is 9.50. The van der Waals surface area contributed by atoms with Crippen molar-refractivity contribution in [1.29, 1.82) is 0 Å². The van der Waals surface area contributed by atoms with Gasteiger partial charge in [0.05, 0.1) is 13.3 Å². The fraction of sp³-hybridized carbons (Fsp3) is 0.867. The molecule has 0 aromatic rings. The van der Waals surface area contributed by atoms with Gasteiger partial charge in [0.25, 0.3) is 0 Å². The molecule has 0 aromatic carbocycles. The molecule has 37 heavy (non-hydrogen) atoms. The maximum absolute atomic E-state index is 8.11. The van der Waals surface area contributed by atoms with Crippen LogP contribution in [0.3, 0.4) is 0 Å². The van der Waals surface area contributed by atoms with Gasteiger partial charge in [0.15, 0.2) is 8.32 Å². The molecule has 1 heterocycles. The van der Waals surface area contributed by atoms with E-state index in [2.05, 4.69) is 110 Å². The van der Waals surface area contributed by atoms with Crippen molar-refractivity contribution in [3.05, 3.63) is 10.4 Å². The Balaban J connectivity index is 2.16. The van der Waals surface area contributed by atoms with E-state index in [4.69, 9.17) is 4.43 Å². The number of hydrogen-bond donors (Lipinski definition) is 0. The summed E-state index contributed by atoms with van der Waals surface area (Å²) in [7, 11) is -10.1. The number of hydrogen-bond acceptors (Lipinski definition) is 1. The molecule has 1 atom stereocenters. The predicted octanol–water partition coefficient (Wildman–Crippen LogP) is 9.08. The maximum Gasteiger partial charge on any atom is 0.184 e. The zero-order chi connectivity index (χ0) is 28.2. The molecule has 210 valence electrons. The molecule has 1 nitrogen and oxygen atoms in total. The Morgan fingerprint density at radius 1 is 0.676 bits per heavy atom. The third kappa shape index (κ3) is 4.78. The number of rotatable bonds is 6. The second-order valence-electron chi connectivity index (χ2n) is 18.7. The zero-order valence-corrected chi connectivity index (χ0v) is 33.3. The molecular formula is C30H60OSi6. The van der Waals surface area contributed by atoms with E-state index in [1.165, 1.54) is 32.1 Å². The molecule has 1 aliphatic heterocycles. The van der Waals surface area contributed by atoms with Crippen LogP contribution in [0.2, 0.25) is 98.2 Å². The van der Waals surface area contributed by atoms with E-state index in [0.717, 1.165) is 29.6 Å². The molecule has 0 amide bonds. The minimum Gasteiger partial charge on any atom is -0.410 e. The molecule has 4 saturated carbocycles. The molecule has 5 aliphatic rings. The van der Waals surface area contributed by atoms with Crippen molar-refractivity contribution < 1.29 is 4.43 Å². The van der Waals surface area contributed by atoms with E-state index in [0.29, 0.717) is 0 Å². The topological polar surface area (TPSA) is 9.23 Å². The maximum atomic E-state index is 8.11. The third-order valence-corrected chi connectivity index (χ3v) is 56.9. The van der Waals surface area contributed by atoms with Gasteiger partial charge in [-0.2, -0.15) is 0 Å². The molecule has 1 unspecified atom stereocenters. The lowest BCUT2D eigenvalue weighted by molar-refractivity contribution is -0.0919.